The number of hydrogen-bond acceptors (Lipinski definition) is 2. The Morgan fingerprint density at radius 3 is 2.39 bits per heavy atom. The van der Waals surface area contributed by atoms with Crippen LogP contribution in [0.2, 0.25) is 0 Å². The lowest BCUT2D eigenvalue weighted by Gasteiger charge is -2.43. The number of nitrogens with zero attached hydrogens (tertiary/aromatic N) is 1. The largest absolute Gasteiger partial charge is 0.481 e. The average Bonchev–Trinajstić information content (AvgIpc) is 2.58. The third-order valence-corrected chi connectivity index (χ3v) is 5.08. The van der Waals surface area contributed by atoms with E-state index in [0.29, 0.717) is 23.3 Å². The van der Waals surface area contributed by atoms with E-state index in [-0.39, 0.29) is 5.92 Å². The summed E-state index contributed by atoms with van der Waals surface area (Å²) < 4.78 is 0. The predicted molar refractivity (Wildman–Crippen MR) is 72.4 cm³/mol. The summed E-state index contributed by atoms with van der Waals surface area (Å²) in [5.74, 6) is 0.207. The van der Waals surface area contributed by atoms with Crippen molar-refractivity contribution < 1.29 is 9.90 Å². The highest BCUT2D eigenvalue weighted by Gasteiger charge is 2.42. The molecular formula is C15H27NO2. The number of hydrogen-bond donors (Lipinski definition) is 1. The minimum absolute atomic E-state index is 0.160. The molecule has 1 heterocycles. The fourth-order valence-corrected chi connectivity index (χ4v) is 4.07. The van der Waals surface area contributed by atoms with Gasteiger partial charge in [0.15, 0.2) is 0 Å². The van der Waals surface area contributed by atoms with Crippen LogP contribution in [0.5, 0.6) is 0 Å². The van der Waals surface area contributed by atoms with Gasteiger partial charge in [0.25, 0.3) is 0 Å². The molecule has 0 aromatic rings. The minimum atomic E-state index is -0.617. The first-order valence-corrected chi connectivity index (χ1v) is 7.27. The van der Waals surface area contributed by atoms with Crippen molar-refractivity contribution in [1.82, 2.24) is 4.90 Å². The zero-order valence-electron chi connectivity index (χ0n) is 12.1. The van der Waals surface area contributed by atoms with Gasteiger partial charge in [-0.25, -0.2) is 0 Å². The van der Waals surface area contributed by atoms with Crippen LogP contribution in [0.15, 0.2) is 0 Å². The smallest absolute Gasteiger partial charge is 0.308 e. The summed E-state index contributed by atoms with van der Waals surface area (Å²) >= 11 is 0. The van der Waals surface area contributed by atoms with Crippen LogP contribution >= 0.6 is 0 Å². The Kier molecular flexibility index (Phi) is 3.72. The van der Waals surface area contributed by atoms with Crippen molar-refractivity contribution in [3.8, 4) is 0 Å². The molecule has 1 aliphatic carbocycles. The van der Waals surface area contributed by atoms with Gasteiger partial charge < -0.3 is 5.11 Å². The van der Waals surface area contributed by atoms with Crippen molar-refractivity contribution in [2.24, 2.45) is 23.2 Å². The van der Waals surface area contributed by atoms with Crippen molar-refractivity contribution in [2.75, 3.05) is 13.1 Å². The first-order valence-electron chi connectivity index (χ1n) is 7.27. The van der Waals surface area contributed by atoms with Crippen molar-refractivity contribution in [3.63, 3.8) is 0 Å². The summed E-state index contributed by atoms with van der Waals surface area (Å²) in [4.78, 5) is 13.6. The van der Waals surface area contributed by atoms with E-state index in [9.17, 15) is 9.90 Å². The molecule has 18 heavy (non-hydrogen) atoms. The van der Waals surface area contributed by atoms with Crippen LogP contribution in [-0.4, -0.2) is 35.1 Å². The van der Waals surface area contributed by atoms with E-state index in [1.807, 2.05) is 0 Å². The zero-order valence-corrected chi connectivity index (χ0v) is 12.1. The van der Waals surface area contributed by atoms with E-state index in [1.54, 1.807) is 0 Å². The summed E-state index contributed by atoms with van der Waals surface area (Å²) in [5.41, 5.74) is 0.466. The highest BCUT2D eigenvalue weighted by molar-refractivity contribution is 5.71. The second-order valence-electron chi connectivity index (χ2n) is 7.33. The molecule has 1 saturated carbocycles. The fourth-order valence-electron chi connectivity index (χ4n) is 4.07. The molecule has 0 spiro atoms. The van der Waals surface area contributed by atoms with E-state index >= 15 is 0 Å². The van der Waals surface area contributed by atoms with Crippen LogP contribution in [0.25, 0.3) is 0 Å². The summed E-state index contributed by atoms with van der Waals surface area (Å²) in [6.45, 7) is 10.8. The highest BCUT2D eigenvalue weighted by Crippen LogP contribution is 2.42. The number of carbonyl (C=O) groups is 1. The molecule has 2 aliphatic rings. The molecule has 0 aromatic heterocycles. The van der Waals surface area contributed by atoms with Gasteiger partial charge in [0.2, 0.25) is 0 Å². The van der Waals surface area contributed by atoms with Crippen molar-refractivity contribution in [2.45, 2.75) is 53.0 Å². The number of likely N-dealkylation sites (tertiary alicyclic amines) is 1. The molecule has 3 nitrogen and oxygen atoms in total. The second-order valence-corrected chi connectivity index (χ2v) is 7.33. The molecule has 2 rings (SSSR count). The normalized spacial score (nSPS) is 40.9. The Morgan fingerprint density at radius 2 is 1.89 bits per heavy atom. The van der Waals surface area contributed by atoms with Crippen LogP contribution in [0.3, 0.4) is 0 Å². The zero-order chi connectivity index (χ0) is 13.5. The molecule has 0 aromatic carbocycles. The van der Waals surface area contributed by atoms with Crippen LogP contribution in [0.1, 0.15) is 47.0 Å². The molecule has 104 valence electrons. The Bertz CT molecular complexity index is 326. The summed E-state index contributed by atoms with van der Waals surface area (Å²) in [6.07, 6.45) is 3.76. The summed E-state index contributed by atoms with van der Waals surface area (Å²) in [6, 6.07) is 0.602. The molecule has 3 heteroatoms. The lowest BCUT2D eigenvalue weighted by molar-refractivity contribution is -0.142. The number of carboxylic acids is 1. The Hall–Kier alpha value is -0.570. The third kappa shape index (κ3) is 2.71. The SMILES string of the molecule is CC1CC(C)(C)CCC1N1C[C@@H](C)[C@H](C(=O)O)C1. The number of aliphatic carboxylic acids is 1. The maximum absolute atomic E-state index is 11.2. The van der Waals surface area contributed by atoms with E-state index in [2.05, 4.69) is 32.6 Å². The van der Waals surface area contributed by atoms with Gasteiger partial charge in [-0.3, -0.25) is 9.69 Å². The third-order valence-electron chi connectivity index (χ3n) is 5.08. The molecule has 1 aliphatic heterocycles. The van der Waals surface area contributed by atoms with Gasteiger partial charge in [-0.1, -0.05) is 27.7 Å². The molecule has 1 saturated heterocycles. The van der Waals surface area contributed by atoms with Gasteiger partial charge in [-0.05, 0) is 36.5 Å². The van der Waals surface area contributed by atoms with Gasteiger partial charge in [0, 0.05) is 19.1 Å². The van der Waals surface area contributed by atoms with Crippen LogP contribution < -0.4 is 0 Å². The number of rotatable bonds is 2. The maximum atomic E-state index is 11.2. The molecule has 2 fully saturated rings. The molecule has 0 amide bonds. The van der Waals surface area contributed by atoms with Gasteiger partial charge >= 0.3 is 5.97 Å². The Labute approximate surface area is 111 Å². The van der Waals surface area contributed by atoms with E-state index < -0.39 is 5.97 Å². The maximum Gasteiger partial charge on any atom is 0.308 e. The first-order chi connectivity index (χ1) is 8.30. The quantitative estimate of drug-likeness (QED) is 0.822. The van der Waals surface area contributed by atoms with Gasteiger partial charge in [0.1, 0.15) is 0 Å². The molecule has 1 N–H and O–H groups in total. The van der Waals surface area contributed by atoms with E-state index in [0.717, 1.165) is 13.1 Å². The lowest BCUT2D eigenvalue weighted by atomic mass is 9.70. The molecular weight excluding hydrogens is 226 g/mol. The molecule has 0 bridgehead atoms. The van der Waals surface area contributed by atoms with Crippen molar-refractivity contribution in [3.05, 3.63) is 0 Å². The summed E-state index contributed by atoms with van der Waals surface area (Å²) in [7, 11) is 0. The van der Waals surface area contributed by atoms with Crippen LogP contribution in [-0.2, 0) is 4.79 Å². The fraction of sp³-hybridized carbons (Fsp3) is 0.933. The van der Waals surface area contributed by atoms with E-state index in [4.69, 9.17) is 0 Å². The topological polar surface area (TPSA) is 40.5 Å². The van der Waals surface area contributed by atoms with Crippen molar-refractivity contribution >= 4 is 5.97 Å². The average molecular weight is 253 g/mol. The summed E-state index contributed by atoms with van der Waals surface area (Å²) in [5, 5.41) is 9.22. The lowest BCUT2D eigenvalue weighted by Crippen LogP contribution is -2.44. The van der Waals surface area contributed by atoms with Gasteiger partial charge in [0.05, 0.1) is 5.92 Å². The standard InChI is InChI=1S/C15H27NO2/c1-10-7-15(3,4)6-5-13(10)16-8-11(2)12(9-16)14(17)18/h10-13H,5-9H2,1-4H3,(H,17,18)/t10?,11-,12-,13?/m1/s1. The second kappa shape index (κ2) is 4.84. The van der Waals surface area contributed by atoms with Crippen molar-refractivity contribution in [1.29, 1.82) is 0 Å². The predicted octanol–water partition coefficient (Wildman–Crippen LogP) is 2.85. The Balaban J connectivity index is 2.00. The number of carboxylic acid groups (broad SMARTS) is 1. The first kappa shape index (κ1) is 13.9. The van der Waals surface area contributed by atoms with Gasteiger partial charge in [-0.15, -0.1) is 0 Å². The Morgan fingerprint density at radius 1 is 1.22 bits per heavy atom. The molecule has 0 radical (unpaired) electrons. The monoisotopic (exact) mass is 253 g/mol. The van der Waals surface area contributed by atoms with E-state index in [1.165, 1.54) is 19.3 Å². The van der Waals surface area contributed by atoms with Gasteiger partial charge in [-0.2, -0.15) is 0 Å². The highest BCUT2D eigenvalue weighted by atomic mass is 16.4. The van der Waals surface area contributed by atoms with Crippen LogP contribution in [0, 0.1) is 23.2 Å². The molecule has 2 unspecified atom stereocenters. The van der Waals surface area contributed by atoms with Crippen LogP contribution in [0.4, 0.5) is 0 Å². The minimum Gasteiger partial charge on any atom is -0.481 e. The molecule has 4 atom stereocenters.